The van der Waals surface area contributed by atoms with Crippen molar-refractivity contribution >= 4 is 0 Å². The maximum absolute atomic E-state index is 4.95. The number of aryl methyl sites for hydroxylation is 2. The first-order chi connectivity index (χ1) is 19.9. The highest BCUT2D eigenvalue weighted by molar-refractivity contribution is 5.10. The molecule has 1 radical (unpaired) electrons. The molecule has 1 rings (SSSR count). The highest BCUT2D eigenvalue weighted by Crippen LogP contribution is 2.16. The molecule has 233 valence electrons. The van der Waals surface area contributed by atoms with Crippen molar-refractivity contribution < 1.29 is 0 Å². The predicted molar refractivity (Wildman–Crippen MR) is 180 cm³/mol. The van der Waals surface area contributed by atoms with Gasteiger partial charge in [-0.2, -0.15) is 0 Å². The van der Waals surface area contributed by atoms with Crippen molar-refractivity contribution in [3.63, 3.8) is 0 Å². The Morgan fingerprint density at radius 3 is 0.825 bits per heavy atom. The lowest BCUT2D eigenvalue weighted by Gasteiger charge is -2.06. The Hall–Kier alpha value is -0.850. The van der Waals surface area contributed by atoms with Gasteiger partial charge < -0.3 is 0 Å². The number of aromatic nitrogens is 1. The van der Waals surface area contributed by atoms with Gasteiger partial charge in [0.05, 0.1) is 0 Å². The van der Waals surface area contributed by atoms with Crippen molar-refractivity contribution in [3.05, 3.63) is 29.6 Å². The fourth-order valence-electron chi connectivity index (χ4n) is 6.09. The quantitative estimate of drug-likeness (QED) is 0.0807. The molecule has 1 heteroatoms. The molecule has 1 heterocycles. The van der Waals surface area contributed by atoms with Gasteiger partial charge in [0.15, 0.2) is 0 Å². The van der Waals surface area contributed by atoms with E-state index in [1.807, 2.05) is 0 Å². The van der Waals surface area contributed by atoms with Gasteiger partial charge in [-0.05, 0) is 43.9 Å². The summed E-state index contributed by atoms with van der Waals surface area (Å²) < 4.78 is 0. The molecular weight excluding hydrogens is 482 g/mol. The minimum absolute atomic E-state index is 1.14. The van der Waals surface area contributed by atoms with E-state index in [4.69, 9.17) is 4.98 Å². The Morgan fingerprint density at radius 2 is 0.575 bits per heavy atom. The Kier molecular flexibility index (Phi) is 28.9. The average Bonchev–Trinajstić information content (AvgIpc) is 2.97. The lowest BCUT2D eigenvalue weighted by Crippen LogP contribution is -1.96. The van der Waals surface area contributed by atoms with Crippen LogP contribution < -0.4 is 0 Å². The highest BCUT2D eigenvalue weighted by Gasteiger charge is 2.01. The van der Waals surface area contributed by atoms with E-state index in [0.29, 0.717) is 0 Å². The van der Waals surface area contributed by atoms with Crippen molar-refractivity contribution in [2.45, 2.75) is 219 Å². The summed E-state index contributed by atoms with van der Waals surface area (Å²) in [6, 6.07) is 7.62. The van der Waals surface area contributed by atoms with Gasteiger partial charge in [-0.25, -0.2) is 0 Å². The van der Waals surface area contributed by atoms with Crippen LogP contribution in [0.2, 0.25) is 0 Å². The molecule has 0 aromatic carbocycles. The highest BCUT2D eigenvalue weighted by atomic mass is 14.7. The van der Waals surface area contributed by atoms with Gasteiger partial charge in [-0.15, -0.1) is 0 Å². The van der Waals surface area contributed by atoms with Gasteiger partial charge in [0, 0.05) is 11.4 Å². The Morgan fingerprint density at radius 1 is 0.350 bits per heavy atom. The molecule has 0 aliphatic heterocycles. The topological polar surface area (TPSA) is 12.9 Å². The van der Waals surface area contributed by atoms with Gasteiger partial charge in [0.1, 0.15) is 0 Å². The van der Waals surface area contributed by atoms with Crippen molar-refractivity contribution in [2.24, 2.45) is 0 Å². The summed E-state index contributed by atoms with van der Waals surface area (Å²) in [6.45, 7) is 4.60. The van der Waals surface area contributed by atoms with E-state index in [1.54, 1.807) is 0 Å². The van der Waals surface area contributed by atoms with Crippen molar-refractivity contribution in [2.75, 3.05) is 0 Å². The molecule has 0 fully saturated rings. The van der Waals surface area contributed by atoms with Gasteiger partial charge in [0.25, 0.3) is 0 Å². The van der Waals surface area contributed by atoms with Crippen LogP contribution in [0.4, 0.5) is 0 Å². The molecule has 0 spiro atoms. The van der Waals surface area contributed by atoms with Crippen molar-refractivity contribution in [1.82, 2.24) is 4.98 Å². The third-order valence-electron chi connectivity index (χ3n) is 8.86. The van der Waals surface area contributed by atoms with Gasteiger partial charge in [-0.1, -0.05) is 194 Å². The fourth-order valence-corrected chi connectivity index (χ4v) is 6.09. The van der Waals surface area contributed by atoms with Gasteiger partial charge >= 0.3 is 0 Å². The van der Waals surface area contributed by atoms with E-state index in [9.17, 15) is 0 Å². The molecule has 0 aliphatic carbocycles. The number of unbranched alkanes of at least 4 members (excludes halogenated alkanes) is 28. The molecule has 0 bridgehead atoms. The van der Waals surface area contributed by atoms with Crippen LogP contribution >= 0.6 is 0 Å². The zero-order valence-corrected chi connectivity index (χ0v) is 27.7. The summed E-state index contributed by atoms with van der Waals surface area (Å²) in [6.07, 6.45) is 45.1. The third kappa shape index (κ3) is 26.1. The Bertz CT molecular complexity index is 559. The minimum Gasteiger partial charge on any atom is -0.258 e. The molecular formula is C39H72N. The van der Waals surface area contributed by atoms with E-state index in [0.717, 1.165) is 12.8 Å². The van der Waals surface area contributed by atoms with Gasteiger partial charge in [-0.3, -0.25) is 4.98 Å². The van der Waals surface area contributed by atoms with Gasteiger partial charge in [0.2, 0.25) is 0 Å². The smallest absolute Gasteiger partial charge is 0.0413 e. The van der Waals surface area contributed by atoms with E-state index in [-0.39, 0.29) is 0 Å². The Labute approximate surface area is 253 Å². The van der Waals surface area contributed by atoms with Crippen LogP contribution in [0.1, 0.15) is 218 Å². The second kappa shape index (κ2) is 31.1. The molecule has 0 saturated heterocycles. The number of rotatable bonds is 32. The summed E-state index contributed by atoms with van der Waals surface area (Å²) in [5.41, 5.74) is 2.54. The number of nitrogens with zero attached hydrogens (tertiary/aromatic N) is 1. The molecule has 0 unspecified atom stereocenters. The first-order valence-corrected chi connectivity index (χ1v) is 18.7. The normalized spacial score (nSPS) is 11.4. The lowest BCUT2D eigenvalue weighted by atomic mass is 10.0. The predicted octanol–water partition coefficient (Wildman–Crippen LogP) is 13.7. The molecule has 0 saturated carbocycles. The molecule has 40 heavy (non-hydrogen) atoms. The molecule has 1 nitrogen and oxygen atoms in total. The number of hydrogen-bond donors (Lipinski definition) is 0. The Balaban J connectivity index is 1.86. The maximum Gasteiger partial charge on any atom is 0.0413 e. The number of pyridine rings is 1. The van der Waals surface area contributed by atoms with E-state index >= 15 is 0 Å². The third-order valence-corrected chi connectivity index (χ3v) is 8.86. The molecule has 0 atom stereocenters. The first-order valence-electron chi connectivity index (χ1n) is 18.7. The van der Waals surface area contributed by atoms with Crippen LogP contribution in [0.5, 0.6) is 0 Å². The van der Waals surface area contributed by atoms with Crippen molar-refractivity contribution in [1.29, 1.82) is 0 Å². The van der Waals surface area contributed by atoms with Crippen LogP contribution in [0, 0.1) is 6.07 Å². The zero-order valence-electron chi connectivity index (χ0n) is 27.7. The fraction of sp³-hybridized carbons (Fsp3) is 0.872. The minimum atomic E-state index is 1.14. The second-order valence-corrected chi connectivity index (χ2v) is 12.9. The molecule has 0 N–H and O–H groups in total. The van der Waals surface area contributed by atoms with Crippen LogP contribution in [-0.4, -0.2) is 4.98 Å². The summed E-state index contributed by atoms with van der Waals surface area (Å²) in [5, 5.41) is 0. The van der Waals surface area contributed by atoms with Crippen LogP contribution in [0.3, 0.4) is 0 Å². The zero-order chi connectivity index (χ0) is 28.6. The monoisotopic (exact) mass is 555 g/mol. The molecule has 1 aromatic rings. The van der Waals surface area contributed by atoms with Crippen LogP contribution in [0.25, 0.3) is 0 Å². The first kappa shape index (κ1) is 37.2. The van der Waals surface area contributed by atoms with Crippen molar-refractivity contribution in [3.8, 4) is 0 Å². The largest absolute Gasteiger partial charge is 0.258 e. The average molecular weight is 555 g/mol. The van der Waals surface area contributed by atoms with E-state index < -0.39 is 0 Å². The summed E-state index contributed by atoms with van der Waals surface area (Å²) in [7, 11) is 0. The van der Waals surface area contributed by atoms with E-state index in [2.05, 4.69) is 32.0 Å². The molecule has 0 aliphatic rings. The summed E-state index contributed by atoms with van der Waals surface area (Å²) in [5.74, 6) is 0. The molecule has 0 amide bonds. The summed E-state index contributed by atoms with van der Waals surface area (Å²) in [4.78, 5) is 4.95. The van der Waals surface area contributed by atoms with E-state index in [1.165, 1.54) is 204 Å². The van der Waals surface area contributed by atoms with Crippen LogP contribution in [0.15, 0.2) is 12.1 Å². The number of hydrogen-bond acceptors (Lipinski definition) is 1. The molecule has 1 aromatic heterocycles. The SMILES string of the molecule is CCCCCCCCCCCCCCCCCc1c[c]cc(CCCCCCCCCCCCCCCCC)n1. The standard InChI is InChI=1S/C39H72N/c1-3-5-7-9-11-13-15-17-19-21-23-25-27-29-31-34-38-36-33-37-39(40-38)35-32-30-28-26-24-22-20-18-16-14-12-10-8-6-4-2/h36-37H,3-32,34-35H2,1-2H3. The second-order valence-electron chi connectivity index (χ2n) is 12.9. The van der Waals surface area contributed by atoms with Crippen LogP contribution in [-0.2, 0) is 12.8 Å². The lowest BCUT2D eigenvalue weighted by molar-refractivity contribution is 0.531. The maximum atomic E-state index is 4.95. The summed E-state index contributed by atoms with van der Waals surface area (Å²) >= 11 is 0.